The van der Waals surface area contributed by atoms with E-state index < -0.39 is 147 Å². The van der Waals surface area contributed by atoms with Crippen molar-refractivity contribution >= 4 is 36.0 Å². The van der Waals surface area contributed by atoms with Gasteiger partial charge in [0.2, 0.25) is 24.9 Å². The van der Waals surface area contributed by atoms with Crippen molar-refractivity contribution in [3.8, 4) is 68.6 Å². The first-order valence-corrected chi connectivity index (χ1v) is 25.6. The maximum Gasteiger partial charge on any atom is 0.510 e. The number of carboxylic acid groups (broad SMARTS) is 1. The number of carbonyl (C=O) groups excluding carboxylic acids is 3. The van der Waals surface area contributed by atoms with Gasteiger partial charge in [0.25, 0.3) is 0 Å². The summed E-state index contributed by atoms with van der Waals surface area (Å²) in [7, 11) is 3.90. The number of aliphatic hydroxyl groups excluding tert-OH is 7. The second kappa shape index (κ2) is 27.4. The van der Waals surface area contributed by atoms with Crippen LogP contribution in [0.2, 0.25) is 0 Å². The first kappa shape index (κ1) is 62.5. The number of aromatic hydroxyl groups is 3. The molecule has 3 aromatic rings. The smallest absolute Gasteiger partial charge is 0.508 e. The van der Waals surface area contributed by atoms with E-state index in [0.717, 1.165) is 24.3 Å². The van der Waals surface area contributed by atoms with E-state index in [-0.39, 0.29) is 68.5 Å². The molecule has 14 unspecified atom stereocenters. The topological polar surface area (TPSA) is 436 Å². The van der Waals surface area contributed by atoms with Gasteiger partial charge < -0.3 is 122 Å². The van der Waals surface area contributed by atoms with E-state index in [0.29, 0.717) is 5.56 Å². The summed E-state index contributed by atoms with van der Waals surface area (Å²) in [5.74, 6) is -6.57. The Labute approximate surface area is 480 Å². The van der Waals surface area contributed by atoms with Crippen molar-refractivity contribution in [1.82, 2.24) is 0 Å². The van der Waals surface area contributed by atoms with Crippen molar-refractivity contribution in [2.24, 2.45) is 0 Å². The summed E-state index contributed by atoms with van der Waals surface area (Å²) in [5.41, 5.74) is -0.0841. The van der Waals surface area contributed by atoms with Gasteiger partial charge in [-0.1, -0.05) is 6.07 Å². The molecular formula is C56H59O29+. The molecule has 0 aromatic heterocycles. The predicted octanol–water partition coefficient (Wildman–Crippen LogP) is -0.0951. The van der Waals surface area contributed by atoms with Gasteiger partial charge in [-0.3, -0.25) is 14.4 Å². The maximum absolute atomic E-state index is 13.5. The largest absolute Gasteiger partial charge is 0.510 e. The average molecular weight is 1200 g/mol. The number of rotatable bonds is 21. The number of methoxy groups -OCH3 is 3. The van der Waals surface area contributed by atoms with E-state index in [9.17, 15) is 75.0 Å². The Hall–Kier alpha value is -8.59. The van der Waals surface area contributed by atoms with E-state index in [1.165, 1.54) is 94.1 Å². The summed E-state index contributed by atoms with van der Waals surface area (Å²) >= 11 is 0. The van der Waals surface area contributed by atoms with Crippen molar-refractivity contribution < 1.29 is 137 Å². The van der Waals surface area contributed by atoms with Gasteiger partial charge >= 0.3 is 23.9 Å². The average Bonchev–Trinajstić information content (AvgIpc) is 3.63. The van der Waals surface area contributed by atoms with Crippen LogP contribution in [0.3, 0.4) is 0 Å². The molecule has 0 bridgehead atoms. The Morgan fingerprint density at radius 3 is 1.93 bits per heavy atom. The number of hydrogen-bond donors (Lipinski definition) is 11. The van der Waals surface area contributed by atoms with Crippen molar-refractivity contribution in [3.05, 3.63) is 106 Å². The third-order valence-electron chi connectivity index (χ3n) is 13.3. The molecule has 4 aliphatic heterocycles. The molecule has 5 aliphatic rings. The van der Waals surface area contributed by atoms with Gasteiger partial charge in [0, 0.05) is 23.8 Å². The number of hydrogen-bond acceptors (Lipinski definition) is 27. The van der Waals surface area contributed by atoms with Crippen molar-refractivity contribution in [3.63, 3.8) is 0 Å². The van der Waals surface area contributed by atoms with E-state index >= 15 is 0 Å². The third kappa shape index (κ3) is 14.9. The highest BCUT2D eigenvalue weighted by atomic mass is 16.8. The molecule has 3 fully saturated rings. The summed E-state index contributed by atoms with van der Waals surface area (Å²) in [4.78, 5) is 60.7. The van der Waals surface area contributed by atoms with E-state index in [1.807, 2.05) is 0 Å². The lowest BCUT2D eigenvalue weighted by Gasteiger charge is -2.44. The van der Waals surface area contributed by atoms with Gasteiger partial charge in [-0.25, -0.2) is 4.79 Å². The minimum Gasteiger partial charge on any atom is -0.508 e. The number of phenols is 3. The van der Waals surface area contributed by atoms with Gasteiger partial charge in [-0.05, 0) is 77.9 Å². The Bertz CT molecular complexity index is 3240. The standard InChI is InChI=1S/C56H58O29/c1-73-34-14-24(4-11-30(34)59)5-12-41(63)76-22-39-47(69)49(71)53(85-55-52(44(66)31(60)21-78-55)84-42(64)13-6-25-15-35(74-2)45(67)36(16-25)75-3)56(83-39)81-37-19-29-32(79-51(37)26-7-9-27(57)10-8-26)17-28(58)18-33(29)80-54-50(72)48(70)46(68)38(82-54)23-77-43(65)20-40(61)62/h4-19,31,38-39,44,46-50,52-57,59-60,66-72H,20-23H2,1-3H3,(H,61,62)/p+1. The Balaban J connectivity index is 1.15. The number of carboxylic acids is 1. The monoisotopic (exact) mass is 1200 g/mol. The molecule has 29 nitrogen and oxygen atoms in total. The number of esters is 3. The molecule has 14 atom stereocenters. The molecule has 3 aromatic carbocycles. The van der Waals surface area contributed by atoms with Crippen LogP contribution >= 0.6 is 0 Å². The normalized spacial score (nSPS) is 26.8. The van der Waals surface area contributed by atoms with Crippen LogP contribution in [0, 0.1) is 0 Å². The first-order valence-electron chi connectivity index (χ1n) is 25.6. The van der Waals surface area contributed by atoms with Crippen LogP contribution in [0.25, 0.3) is 34.8 Å². The second-order valence-electron chi connectivity index (χ2n) is 19.1. The van der Waals surface area contributed by atoms with Crippen LogP contribution < -0.4 is 29.1 Å². The van der Waals surface area contributed by atoms with Crippen LogP contribution in [-0.2, 0) is 47.5 Å². The van der Waals surface area contributed by atoms with E-state index in [2.05, 4.69) is 0 Å². The summed E-state index contributed by atoms with van der Waals surface area (Å²) in [6.07, 6.45) is -23.3. The lowest BCUT2D eigenvalue weighted by atomic mass is 9.98. The lowest BCUT2D eigenvalue weighted by Crippen LogP contribution is -2.64. The van der Waals surface area contributed by atoms with Crippen LogP contribution in [0.4, 0.5) is 0 Å². The Kier molecular flexibility index (Phi) is 20.1. The fourth-order valence-electron chi connectivity index (χ4n) is 8.89. The number of benzene rings is 4. The van der Waals surface area contributed by atoms with Crippen molar-refractivity contribution in [2.45, 2.75) is 92.4 Å². The summed E-state index contributed by atoms with van der Waals surface area (Å²) in [6.45, 7) is -2.22. The molecule has 29 heteroatoms. The first-order chi connectivity index (χ1) is 40.5. The molecule has 8 rings (SSSR count). The molecule has 3 saturated heterocycles. The van der Waals surface area contributed by atoms with Gasteiger partial charge in [-0.2, -0.15) is 0 Å². The van der Waals surface area contributed by atoms with Crippen LogP contribution in [0.15, 0.2) is 94.2 Å². The highest BCUT2D eigenvalue weighted by Crippen LogP contribution is 2.44. The van der Waals surface area contributed by atoms with Crippen LogP contribution in [0.5, 0.6) is 46.0 Å². The fourth-order valence-corrected chi connectivity index (χ4v) is 8.89. The summed E-state index contributed by atoms with van der Waals surface area (Å²) in [6, 6.07) is 15.4. The molecule has 12 N–H and O–H groups in total. The van der Waals surface area contributed by atoms with Crippen molar-refractivity contribution in [1.29, 1.82) is 0 Å². The Morgan fingerprint density at radius 2 is 1.26 bits per heavy atom. The van der Waals surface area contributed by atoms with Crippen molar-refractivity contribution in [2.75, 3.05) is 41.2 Å². The highest BCUT2D eigenvalue weighted by Gasteiger charge is 2.53. The number of aliphatic carboxylic acids is 1. The number of phenolic OH excluding ortho intramolecular Hbond substituents is 3. The minimum atomic E-state index is -2.13. The highest BCUT2D eigenvalue weighted by molar-refractivity contribution is 5.90. The summed E-state index contributed by atoms with van der Waals surface area (Å²) in [5, 5.41) is 118. The van der Waals surface area contributed by atoms with Crippen LogP contribution in [0.1, 0.15) is 17.5 Å². The number of carbonyl (C=O) groups is 3. The molecule has 1 aliphatic carbocycles. The zero-order chi connectivity index (χ0) is 61.4. The molecule has 4 heterocycles. The number of ether oxygens (including phenoxy) is 12. The SMILES string of the molecule is COc1cc(C=CC(=[OH+])OCC2OC(Oc3cc4c(OC5OC(COC(=O)CC(=O)O)C(O)C(O)C5O)cc(=O)cc-4oc3-c3ccc(O)cc3)C(OC3OCC(O)C(O)C3OC(=O)C=Cc3cc(OC)c(O)c(OC)c3)C(O)C2O)ccc1O. The van der Waals surface area contributed by atoms with Gasteiger partial charge in [0.1, 0.15) is 79.1 Å². The molecule has 85 heavy (non-hydrogen) atoms. The minimum absolute atomic E-state index is 0.0114. The molecule has 0 radical (unpaired) electrons. The predicted molar refractivity (Wildman–Crippen MR) is 284 cm³/mol. The maximum atomic E-state index is 13.5. The molecule has 0 saturated carbocycles. The summed E-state index contributed by atoms with van der Waals surface area (Å²) < 4.78 is 74.1. The van der Waals surface area contributed by atoms with E-state index in [4.69, 9.17) is 66.4 Å². The molecule has 0 amide bonds. The van der Waals surface area contributed by atoms with Gasteiger partial charge in [0.15, 0.2) is 64.5 Å². The van der Waals surface area contributed by atoms with E-state index in [1.54, 1.807) is 0 Å². The lowest BCUT2D eigenvalue weighted by molar-refractivity contribution is -0.345. The molecular weight excluding hydrogens is 1140 g/mol. The zero-order valence-electron chi connectivity index (χ0n) is 45.0. The second-order valence-corrected chi connectivity index (χ2v) is 19.1. The number of aliphatic hydroxyl groups is 7. The zero-order valence-corrected chi connectivity index (χ0v) is 45.0. The third-order valence-corrected chi connectivity index (χ3v) is 13.3. The molecule has 456 valence electrons. The fraction of sp³-hybridized carbons (Fsp3) is 0.375. The quantitative estimate of drug-likeness (QED) is 0.0150. The number of fused-ring (bicyclic) bond motifs is 1. The van der Waals surface area contributed by atoms with Gasteiger partial charge in [-0.15, -0.1) is 0 Å². The van der Waals surface area contributed by atoms with Gasteiger partial charge in [0.05, 0.1) is 39.6 Å². The van der Waals surface area contributed by atoms with Crippen LogP contribution in [-0.4, -0.2) is 212 Å². The Morgan fingerprint density at radius 1 is 0.635 bits per heavy atom. The molecule has 0 spiro atoms.